The quantitative estimate of drug-likeness (QED) is 0.223. The molecule has 0 bridgehead atoms. The minimum Gasteiger partial charge on any atom is -0.493 e. The molecule has 0 aliphatic heterocycles. The predicted octanol–water partition coefficient (Wildman–Crippen LogP) is 2.85. The largest absolute Gasteiger partial charge is 0.493 e. The summed E-state index contributed by atoms with van der Waals surface area (Å²) in [4.78, 5) is 28.4. The first-order valence-electron chi connectivity index (χ1n) is 9.23. The number of amides is 1. The van der Waals surface area contributed by atoms with Crippen LogP contribution in [0.2, 0.25) is 0 Å². The van der Waals surface area contributed by atoms with Gasteiger partial charge in [-0.15, -0.1) is 0 Å². The minimum atomic E-state index is -3.64. The third-order valence-electron chi connectivity index (χ3n) is 4.11. The van der Waals surface area contributed by atoms with E-state index in [1.165, 1.54) is 43.5 Å². The molecule has 0 aliphatic carbocycles. The summed E-state index contributed by atoms with van der Waals surface area (Å²) in [5.41, 5.74) is 0.194. The van der Waals surface area contributed by atoms with Crippen molar-refractivity contribution in [2.24, 2.45) is 0 Å². The first kappa shape index (κ1) is 24.5. The highest BCUT2D eigenvalue weighted by atomic mass is 32.2. The van der Waals surface area contributed by atoms with E-state index in [0.29, 0.717) is 17.1 Å². The van der Waals surface area contributed by atoms with Crippen LogP contribution in [0.4, 0.5) is 9.52 Å². The number of carbonyl (C=O) groups excluding carboxylic acids is 2. The summed E-state index contributed by atoms with van der Waals surface area (Å²) in [5, 5.41) is 11.2. The Kier molecular flexibility index (Phi) is 7.34. The van der Waals surface area contributed by atoms with E-state index in [-0.39, 0.29) is 27.8 Å². The van der Waals surface area contributed by atoms with Crippen molar-refractivity contribution in [3.05, 3.63) is 65.0 Å². The second-order valence-electron chi connectivity index (χ2n) is 6.58. The van der Waals surface area contributed by atoms with E-state index in [4.69, 9.17) is 9.47 Å². The molecule has 0 atom stereocenters. The van der Waals surface area contributed by atoms with Crippen molar-refractivity contribution in [1.82, 2.24) is 9.36 Å². The molecular weight excluding hydrogens is 487 g/mol. The molecule has 0 aliphatic rings. The highest BCUT2D eigenvalue weighted by Crippen LogP contribution is 2.30. The van der Waals surface area contributed by atoms with Crippen LogP contribution in [-0.2, 0) is 14.6 Å². The lowest BCUT2D eigenvalue weighted by Gasteiger charge is -2.10. The van der Waals surface area contributed by atoms with Crippen molar-refractivity contribution in [2.45, 2.75) is 5.16 Å². The molecule has 1 N–H and O–H groups in total. The average Bonchev–Trinajstić information content (AvgIpc) is 3.27. The number of carbonyl (C=O) groups is 2. The summed E-state index contributed by atoms with van der Waals surface area (Å²) in [6.45, 7) is 0. The van der Waals surface area contributed by atoms with Crippen LogP contribution in [-0.4, -0.2) is 43.0 Å². The molecule has 0 radical (unpaired) electrons. The van der Waals surface area contributed by atoms with Crippen LogP contribution in [0.3, 0.4) is 0 Å². The molecule has 1 aromatic heterocycles. The van der Waals surface area contributed by atoms with E-state index < -0.39 is 32.7 Å². The van der Waals surface area contributed by atoms with Gasteiger partial charge < -0.3 is 9.47 Å². The molecule has 1 heterocycles. The van der Waals surface area contributed by atoms with Gasteiger partial charge in [0.1, 0.15) is 17.5 Å². The lowest BCUT2D eigenvalue weighted by molar-refractivity contribution is -0.112. The van der Waals surface area contributed by atoms with Crippen LogP contribution in [0.1, 0.15) is 15.9 Å². The SMILES string of the molecule is COc1cc(/C=C(/C#N)C(=O)Nc2nc(S(C)(=O)=O)ns2)ccc1OC(=O)c1ccc(F)cc1. The van der Waals surface area contributed by atoms with Gasteiger partial charge >= 0.3 is 5.97 Å². The van der Waals surface area contributed by atoms with Gasteiger partial charge in [-0.2, -0.15) is 14.6 Å². The summed E-state index contributed by atoms with van der Waals surface area (Å²) in [7, 11) is -2.30. The van der Waals surface area contributed by atoms with Crippen molar-refractivity contribution in [3.8, 4) is 17.6 Å². The Balaban J connectivity index is 1.78. The lowest BCUT2D eigenvalue weighted by atomic mass is 10.1. The first-order chi connectivity index (χ1) is 16.1. The number of methoxy groups -OCH3 is 1. The smallest absolute Gasteiger partial charge is 0.343 e. The van der Waals surface area contributed by atoms with E-state index >= 15 is 0 Å². The summed E-state index contributed by atoms with van der Waals surface area (Å²) in [6, 6.07) is 10.9. The Hall–Kier alpha value is -4.15. The number of ether oxygens (including phenoxy) is 2. The number of anilines is 1. The summed E-state index contributed by atoms with van der Waals surface area (Å²) in [6.07, 6.45) is 2.18. The Morgan fingerprint density at radius 3 is 2.47 bits per heavy atom. The van der Waals surface area contributed by atoms with Gasteiger partial charge in [0.15, 0.2) is 11.5 Å². The summed E-state index contributed by atoms with van der Waals surface area (Å²) in [5.74, 6) is -1.85. The van der Waals surface area contributed by atoms with E-state index in [1.54, 1.807) is 6.07 Å². The molecule has 0 unspecified atom stereocenters. The zero-order valence-electron chi connectivity index (χ0n) is 17.6. The molecule has 3 rings (SSSR count). The molecule has 1 amide bonds. The van der Waals surface area contributed by atoms with Gasteiger partial charge in [-0.3, -0.25) is 10.1 Å². The number of benzene rings is 2. The van der Waals surface area contributed by atoms with Gasteiger partial charge in [0.25, 0.3) is 11.1 Å². The van der Waals surface area contributed by atoms with Crippen LogP contribution >= 0.6 is 11.5 Å². The number of rotatable bonds is 7. The Morgan fingerprint density at radius 2 is 1.88 bits per heavy atom. The molecule has 0 saturated heterocycles. The van der Waals surface area contributed by atoms with Gasteiger partial charge in [0, 0.05) is 17.8 Å². The van der Waals surface area contributed by atoms with Crippen LogP contribution in [0.15, 0.2) is 53.2 Å². The topological polar surface area (TPSA) is 148 Å². The monoisotopic (exact) mass is 502 g/mol. The van der Waals surface area contributed by atoms with Crippen LogP contribution in [0.5, 0.6) is 11.5 Å². The average molecular weight is 503 g/mol. The normalized spacial score (nSPS) is 11.4. The first-order valence-corrected chi connectivity index (χ1v) is 11.9. The highest BCUT2D eigenvalue weighted by molar-refractivity contribution is 7.90. The maximum Gasteiger partial charge on any atom is 0.343 e. The van der Waals surface area contributed by atoms with Gasteiger partial charge in [-0.25, -0.2) is 17.6 Å². The Bertz CT molecular complexity index is 1430. The molecule has 174 valence electrons. The van der Waals surface area contributed by atoms with Crippen LogP contribution < -0.4 is 14.8 Å². The van der Waals surface area contributed by atoms with Crippen molar-refractivity contribution in [2.75, 3.05) is 18.7 Å². The fourth-order valence-corrected chi connectivity index (χ4v) is 3.93. The number of nitriles is 1. The van der Waals surface area contributed by atoms with E-state index in [9.17, 15) is 27.7 Å². The molecule has 10 nitrogen and oxygen atoms in total. The molecule has 0 saturated carbocycles. The van der Waals surface area contributed by atoms with Crippen LogP contribution in [0, 0.1) is 17.1 Å². The second-order valence-corrected chi connectivity index (χ2v) is 9.25. The third kappa shape index (κ3) is 6.00. The molecule has 3 aromatic rings. The Labute approximate surface area is 197 Å². The molecule has 2 aromatic carbocycles. The lowest BCUT2D eigenvalue weighted by Crippen LogP contribution is -2.13. The minimum absolute atomic E-state index is 0.0686. The van der Waals surface area contributed by atoms with E-state index in [2.05, 4.69) is 14.7 Å². The predicted molar refractivity (Wildman–Crippen MR) is 120 cm³/mol. The summed E-state index contributed by atoms with van der Waals surface area (Å²) >= 11 is 0.653. The standard InChI is InChI=1S/C21H15FN4O6S2/c1-31-17-10-12(3-8-16(17)32-19(28)13-4-6-15(22)7-5-13)9-14(11-23)18(27)24-20-25-21(26-33-20)34(2,29)30/h3-10H,1-2H3,(H,24,25,26,27)/b14-9-. The Morgan fingerprint density at radius 1 is 1.18 bits per heavy atom. The number of nitrogens with one attached hydrogen (secondary N) is 1. The maximum atomic E-state index is 13.0. The fraction of sp³-hybridized carbons (Fsp3) is 0.0952. The van der Waals surface area contributed by atoms with Crippen molar-refractivity contribution in [1.29, 1.82) is 5.26 Å². The third-order valence-corrected chi connectivity index (χ3v) is 5.70. The molecule has 34 heavy (non-hydrogen) atoms. The summed E-state index contributed by atoms with van der Waals surface area (Å²) < 4.78 is 50.1. The maximum absolute atomic E-state index is 13.0. The number of hydrogen-bond acceptors (Lipinski definition) is 10. The molecule has 0 spiro atoms. The molecule has 13 heteroatoms. The molecular formula is C21H15FN4O6S2. The van der Waals surface area contributed by atoms with Crippen molar-refractivity contribution >= 4 is 44.5 Å². The van der Waals surface area contributed by atoms with Gasteiger partial charge in [-0.1, -0.05) is 6.07 Å². The second kappa shape index (κ2) is 10.2. The fourth-order valence-electron chi connectivity index (χ4n) is 2.49. The highest BCUT2D eigenvalue weighted by Gasteiger charge is 2.18. The number of sulfone groups is 1. The van der Waals surface area contributed by atoms with Crippen molar-refractivity contribution < 1.29 is 31.9 Å². The van der Waals surface area contributed by atoms with Crippen molar-refractivity contribution in [3.63, 3.8) is 0 Å². The zero-order chi connectivity index (χ0) is 24.9. The van der Waals surface area contributed by atoms with Gasteiger partial charge in [0.2, 0.25) is 15.0 Å². The molecule has 0 fully saturated rings. The number of aromatic nitrogens is 2. The van der Waals surface area contributed by atoms with Crippen LogP contribution in [0.25, 0.3) is 6.08 Å². The number of esters is 1. The number of nitrogens with zero attached hydrogens (tertiary/aromatic N) is 3. The number of hydrogen-bond donors (Lipinski definition) is 1. The van der Waals surface area contributed by atoms with E-state index in [1.807, 2.05) is 0 Å². The van der Waals surface area contributed by atoms with Gasteiger partial charge in [-0.05, 0) is 48.0 Å². The van der Waals surface area contributed by atoms with Gasteiger partial charge in [0.05, 0.1) is 12.7 Å². The zero-order valence-corrected chi connectivity index (χ0v) is 19.2. The van der Waals surface area contributed by atoms with E-state index in [0.717, 1.165) is 18.4 Å². The number of halogens is 1.